The van der Waals surface area contributed by atoms with Gasteiger partial charge >= 0.3 is 0 Å². The van der Waals surface area contributed by atoms with Crippen molar-refractivity contribution in [3.05, 3.63) is 33.4 Å². The lowest BCUT2D eigenvalue weighted by molar-refractivity contribution is 0.0760. The van der Waals surface area contributed by atoms with Gasteiger partial charge < -0.3 is 4.90 Å². The number of likely N-dealkylation sites (tertiary alicyclic amines) is 1. The minimum atomic E-state index is 0.192. The fourth-order valence-electron chi connectivity index (χ4n) is 2.27. The van der Waals surface area contributed by atoms with Gasteiger partial charge in [0.05, 0.1) is 0 Å². The molecule has 1 aliphatic rings. The molecular weight excluding hydrogens is 325 g/mol. The van der Waals surface area contributed by atoms with E-state index in [4.69, 9.17) is 0 Å². The van der Waals surface area contributed by atoms with Crippen LogP contribution in [-0.2, 0) is 0 Å². The summed E-state index contributed by atoms with van der Waals surface area (Å²) in [5, 5.41) is 0. The maximum absolute atomic E-state index is 12.3. The Morgan fingerprint density at radius 1 is 1.35 bits per heavy atom. The van der Waals surface area contributed by atoms with Crippen LogP contribution in [0.1, 0.15) is 36.5 Å². The molecule has 0 bridgehead atoms. The van der Waals surface area contributed by atoms with E-state index in [1.165, 1.54) is 6.42 Å². The minimum Gasteiger partial charge on any atom is -0.339 e. The quantitative estimate of drug-likeness (QED) is 0.714. The first-order chi connectivity index (χ1) is 8.16. The third kappa shape index (κ3) is 3.44. The van der Waals surface area contributed by atoms with Crippen molar-refractivity contribution in [1.29, 1.82) is 0 Å². The van der Waals surface area contributed by atoms with E-state index >= 15 is 0 Å². The molecular formula is C14H18INO. The van der Waals surface area contributed by atoms with Crippen LogP contribution in [0.3, 0.4) is 0 Å². The first-order valence-corrected chi connectivity index (χ1v) is 7.29. The average molecular weight is 343 g/mol. The van der Waals surface area contributed by atoms with Crippen LogP contribution in [0.2, 0.25) is 0 Å². The summed E-state index contributed by atoms with van der Waals surface area (Å²) in [4.78, 5) is 14.3. The number of hydrogen-bond donors (Lipinski definition) is 0. The summed E-state index contributed by atoms with van der Waals surface area (Å²) in [6, 6.07) is 7.85. The fraction of sp³-hybridized carbons (Fsp3) is 0.500. The normalized spacial score (nSPS) is 21.1. The van der Waals surface area contributed by atoms with E-state index < -0.39 is 0 Å². The predicted molar refractivity (Wildman–Crippen MR) is 78.1 cm³/mol. The molecule has 0 N–H and O–H groups in total. The molecule has 1 saturated heterocycles. The standard InChI is InChI=1S/C14H18INO/c1-11-4-3-8-16(9-7-11)14(17)12-5-2-6-13(15)10-12/h2,5-6,10-11H,3-4,7-9H2,1H3. The van der Waals surface area contributed by atoms with E-state index in [0.717, 1.165) is 41.0 Å². The molecule has 0 spiro atoms. The second-order valence-electron chi connectivity index (χ2n) is 4.84. The second kappa shape index (κ2) is 5.85. The number of carbonyl (C=O) groups excluding carboxylic acids is 1. The van der Waals surface area contributed by atoms with E-state index in [1.807, 2.05) is 29.2 Å². The van der Waals surface area contributed by atoms with Crippen molar-refractivity contribution in [3.63, 3.8) is 0 Å². The van der Waals surface area contributed by atoms with Crippen LogP contribution in [-0.4, -0.2) is 23.9 Å². The van der Waals surface area contributed by atoms with Gasteiger partial charge in [0.25, 0.3) is 5.91 Å². The van der Waals surface area contributed by atoms with Gasteiger partial charge in [-0.2, -0.15) is 0 Å². The highest BCUT2D eigenvalue weighted by atomic mass is 127. The molecule has 3 heteroatoms. The van der Waals surface area contributed by atoms with Crippen LogP contribution in [0, 0.1) is 9.49 Å². The van der Waals surface area contributed by atoms with Gasteiger partial charge in [0.1, 0.15) is 0 Å². The Hall–Kier alpha value is -0.580. The Kier molecular flexibility index (Phi) is 4.42. The van der Waals surface area contributed by atoms with Crippen molar-refractivity contribution in [2.24, 2.45) is 5.92 Å². The summed E-state index contributed by atoms with van der Waals surface area (Å²) in [7, 11) is 0. The number of nitrogens with zero attached hydrogens (tertiary/aromatic N) is 1. The van der Waals surface area contributed by atoms with Gasteiger partial charge in [-0.25, -0.2) is 0 Å². The maximum atomic E-state index is 12.3. The summed E-state index contributed by atoms with van der Waals surface area (Å²) >= 11 is 2.25. The molecule has 1 aromatic rings. The number of benzene rings is 1. The molecule has 1 heterocycles. The van der Waals surface area contributed by atoms with Crippen LogP contribution in [0.5, 0.6) is 0 Å². The van der Waals surface area contributed by atoms with Crippen molar-refractivity contribution in [1.82, 2.24) is 4.90 Å². The zero-order chi connectivity index (χ0) is 12.3. The molecule has 2 nitrogen and oxygen atoms in total. The van der Waals surface area contributed by atoms with Crippen LogP contribution in [0.25, 0.3) is 0 Å². The third-order valence-corrected chi connectivity index (χ3v) is 4.05. The summed E-state index contributed by atoms with van der Waals surface area (Å²) in [5.74, 6) is 0.946. The number of halogens is 1. The number of carbonyl (C=O) groups is 1. The molecule has 0 radical (unpaired) electrons. The number of rotatable bonds is 1. The SMILES string of the molecule is CC1CCCN(C(=O)c2cccc(I)c2)CC1. The van der Waals surface area contributed by atoms with E-state index in [9.17, 15) is 4.79 Å². The summed E-state index contributed by atoms with van der Waals surface area (Å²) in [6.45, 7) is 4.10. The summed E-state index contributed by atoms with van der Waals surface area (Å²) in [6.07, 6.45) is 3.52. The molecule has 1 aromatic carbocycles. The second-order valence-corrected chi connectivity index (χ2v) is 6.08. The molecule has 1 fully saturated rings. The van der Waals surface area contributed by atoms with Crippen molar-refractivity contribution in [3.8, 4) is 0 Å². The first kappa shape index (κ1) is 12.9. The molecule has 1 amide bonds. The molecule has 1 unspecified atom stereocenters. The Morgan fingerprint density at radius 2 is 2.18 bits per heavy atom. The lowest BCUT2D eigenvalue weighted by Crippen LogP contribution is -2.32. The average Bonchev–Trinajstić information content (AvgIpc) is 2.53. The van der Waals surface area contributed by atoms with Crippen molar-refractivity contribution < 1.29 is 4.79 Å². The first-order valence-electron chi connectivity index (χ1n) is 6.21. The Labute approximate surface area is 117 Å². The molecule has 92 valence electrons. The molecule has 1 atom stereocenters. The number of hydrogen-bond acceptors (Lipinski definition) is 1. The largest absolute Gasteiger partial charge is 0.339 e. The molecule has 0 aromatic heterocycles. The maximum Gasteiger partial charge on any atom is 0.253 e. The highest BCUT2D eigenvalue weighted by Gasteiger charge is 2.19. The van der Waals surface area contributed by atoms with Crippen LogP contribution in [0.4, 0.5) is 0 Å². The van der Waals surface area contributed by atoms with Crippen molar-refractivity contribution in [2.75, 3.05) is 13.1 Å². The lowest BCUT2D eigenvalue weighted by Gasteiger charge is -2.20. The van der Waals surface area contributed by atoms with Gasteiger partial charge in [-0.1, -0.05) is 13.0 Å². The van der Waals surface area contributed by atoms with Gasteiger partial charge in [-0.3, -0.25) is 4.79 Å². The Bertz CT molecular complexity index is 405. The molecule has 17 heavy (non-hydrogen) atoms. The van der Waals surface area contributed by atoms with E-state index in [0.29, 0.717) is 0 Å². The van der Waals surface area contributed by atoms with E-state index in [2.05, 4.69) is 29.5 Å². The highest BCUT2D eigenvalue weighted by molar-refractivity contribution is 14.1. The number of amides is 1. The summed E-state index contributed by atoms with van der Waals surface area (Å²) < 4.78 is 1.12. The van der Waals surface area contributed by atoms with Gasteiger partial charge in [0.15, 0.2) is 0 Å². The fourth-order valence-corrected chi connectivity index (χ4v) is 2.81. The molecule has 1 aliphatic heterocycles. The third-order valence-electron chi connectivity index (χ3n) is 3.38. The van der Waals surface area contributed by atoms with Crippen LogP contribution >= 0.6 is 22.6 Å². The van der Waals surface area contributed by atoms with Gasteiger partial charge in [0.2, 0.25) is 0 Å². The van der Waals surface area contributed by atoms with Gasteiger partial charge in [-0.15, -0.1) is 0 Å². The Balaban J connectivity index is 2.09. The lowest BCUT2D eigenvalue weighted by atomic mass is 10.0. The molecule has 2 rings (SSSR count). The highest BCUT2D eigenvalue weighted by Crippen LogP contribution is 2.18. The monoisotopic (exact) mass is 343 g/mol. The predicted octanol–water partition coefficient (Wildman–Crippen LogP) is 3.55. The van der Waals surface area contributed by atoms with Gasteiger partial charge in [0, 0.05) is 22.2 Å². The van der Waals surface area contributed by atoms with E-state index in [-0.39, 0.29) is 5.91 Å². The smallest absolute Gasteiger partial charge is 0.253 e. The molecule has 0 aliphatic carbocycles. The van der Waals surface area contributed by atoms with Crippen LogP contribution < -0.4 is 0 Å². The van der Waals surface area contributed by atoms with E-state index in [1.54, 1.807) is 0 Å². The van der Waals surface area contributed by atoms with Gasteiger partial charge in [-0.05, 0) is 66.0 Å². The summed E-state index contributed by atoms with van der Waals surface area (Å²) in [5.41, 5.74) is 0.825. The topological polar surface area (TPSA) is 20.3 Å². The van der Waals surface area contributed by atoms with Crippen molar-refractivity contribution >= 4 is 28.5 Å². The Morgan fingerprint density at radius 3 is 2.94 bits per heavy atom. The molecule has 0 saturated carbocycles. The zero-order valence-corrected chi connectivity index (χ0v) is 12.3. The minimum absolute atomic E-state index is 0.192. The van der Waals surface area contributed by atoms with Crippen molar-refractivity contribution in [2.45, 2.75) is 26.2 Å². The van der Waals surface area contributed by atoms with Crippen LogP contribution in [0.15, 0.2) is 24.3 Å². The zero-order valence-electron chi connectivity index (χ0n) is 10.2.